The lowest BCUT2D eigenvalue weighted by Crippen LogP contribution is -2.34. The Bertz CT molecular complexity index is 966. The Balaban J connectivity index is 1.99. The second-order valence-corrected chi connectivity index (χ2v) is 8.67. The summed E-state index contributed by atoms with van der Waals surface area (Å²) in [6.07, 6.45) is 3.81. The summed E-state index contributed by atoms with van der Waals surface area (Å²) in [4.78, 5) is 26.3. The molecule has 1 aliphatic carbocycles. The molecule has 1 aromatic rings. The Morgan fingerprint density at radius 2 is 1.67 bits per heavy atom. The Morgan fingerprint density at radius 3 is 2.27 bits per heavy atom. The minimum atomic E-state index is -1.18. The van der Waals surface area contributed by atoms with Gasteiger partial charge < -0.3 is 19.5 Å². The van der Waals surface area contributed by atoms with E-state index in [-0.39, 0.29) is 41.9 Å². The maximum atomic E-state index is 14.9. The van der Waals surface area contributed by atoms with E-state index in [0.29, 0.717) is 11.4 Å². The molecule has 180 valence electrons. The quantitative estimate of drug-likeness (QED) is 0.572. The largest absolute Gasteiger partial charge is 0.462 e. The van der Waals surface area contributed by atoms with Crippen LogP contribution in [0, 0.1) is 17.6 Å². The van der Waals surface area contributed by atoms with Gasteiger partial charge in [-0.1, -0.05) is 25.0 Å². The molecule has 0 bridgehead atoms. The number of hydrogen-bond acceptors (Lipinski definition) is 6. The van der Waals surface area contributed by atoms with Gasteiger partial charge in [-0.2, -0.15) is 0 Å². The highest BCUT2D eigenvalue weighted by Gasteiger charge is 2.40. The summed E-state index contributed by atoms with van der Waals surface area (Å²) in [7, 11) is 1.49. The molecular formula is C25H31F2NO5. The zero-order valence-electron chi connectivity index (χ0n) is 19.5. The Kier molecular flexibility index (Phi) is 8.24. The van der Waals surface area contributed by atoms with Crippen molar-refractivity contribution in [2.24, 2.45) is 5.92 Å². The second-order valence-electron chi connectivity index (χ2n) is 8.67. The van der Waals surface area contributed by atoms with Crippen LogP contribution < -0.4 is 5.32 Å². The number of esters is 2. The first kappa shape index (κ1) is 24.9. The van der Waals surface area contributed by atoms with Crippen LogP contribution in [-0.2, 0) is 23.8 Å². The van der Waals surface area contributed by atoms with Crippen LogP contribution in [0.5, 0.6) is 0 Å². The summed E-state index contributed by atoms with van der Waals surface area (Å²) < 4.78 is 45.2. The van der Waals surface area contributed by atoms with Crippen molar-refractivity contribution >= 4 is 11.9 Å². The molecule has 8 heteroatoms. The van der Waals surface area contributed by atoms with Crippen LogP contribution in [0.2, 0.25) is 0 Å². The third-order valence-electron chi connectivity index (χ3n) is 6.27. The molecular weight excluding hydrogens is 432 g/mol. The molecule has 1 aliphatic heterocycles. The lowest BCUT2D eigenvalue weighted by atomic mass is 9.80. The molecule has 6 nitrogen and oxygen atoms in total. The lowest BCUT2D eigenvalue weighted by molar-refractivity contribution is -0.142. The molecule has 0 aromatic heterocycles. The second kappa shape index (κ2) is 10.9. The van der Waals surface area contributed by atoms with Crippen LogP contribution in [0.4, 0.5) is 8.78 Å². The average Bonchev–Trinajstić information content (AvgIpc) is 3.30. The SMILES string of the molecule is COC(C)COC(=O)C1=C(C)NC(C)=C(C(=O)OCC2CCCC2)C1c1cccc(F)c1F. The van der Waals surface area contributed by atoms with Crippen LogP contribution in [0.25, 0.3) is 0 Å². The molecule has 2 atom stereocenters. The number of benzene rings is 1. The minimum Gasteiger partial charge on any atom is -0.462 e. The van der Waals surface area contributed by atoms with Crippen molar-refractivity contribution in [1.29, 1.82) is 0 Å². The van der Waals surface area contributed by atoms with Crippen molar-refractivity contribution in [2.75, 3.05) is 20.3 Å². The number of ether oxygens (including phenoxy) is 3. The standard InChI is InChI=1S/C25H31F2NO5/c1-14(31-4)12-32-24(29)20-15(2)28-16(3)21(25(30)33-13-17-8-5-6-9-17)22(20)18-10-7-11-19(26)23(18)27/h7,10-11,14,17,22,28H,5-6,8-9,12-13H2,1-4H3. The van der Waals surface area contributed by atoms with Crippen LogP contribution in [0.15, 0.2) is 40.7 Å². The third kappa shape index (κ3) is 5.61. The number of hydrogen-bond donors (Lipinski definition) is 1. The molecule has 1 N–H and O–H groups in total. The Hall–Kier alpha value is -2.74. The Labute approximate surface area is 193 Å². The number of dihydropyridines is 1. The molecule has 1 aromatic carbocycles. The van der Waals surface area contributed by atoms with Gasteiger partial charge >= 0.3 is 11.9 Å². The molecule has 1 heterocycles. The van der Waals surface area contributed by atoms with Crippen molar-refractivity contribution in [3.05, 3.63) is 57.9 Å². The van der Waals surface area contributed by atoms with Crippen molar-refractivity contribution in [3.63, 3.8) is 0 Å². The van der Waals surface area contributed by atoms with Crippen molar-refractivity contribution in [2.45, 2.75) is 58.5 Å². The maximum Gasteiger partial charge on any atom is 0.336 e. The fourth-order valence-corrected chi connectivity index (χ4v) is 4.38. The summed E-state index contributed by atoms with van der Waals surface area (Å²) in [6, 6.07) is 3.70. The van der Waals surface area contributed by atoms with E-state index in [1.165, 1.54) is 19.2 Å². The van der Waals surface area contributed by atoms with Gasteiger partial charge in [0.1, 0.15) is 6.61 Å². The summed E-state index contributed by atoms with van der Waals surface area (Å²) in [5.74, 6) is -4.49. The van der Waals surface area contributed by atoms with E-state index in [9.17, 15) is 18.4 Å². The molecule has 0 spiro atoms. The van der Waals surface area contributed by atoms with Gasteiger partial charge in [-0.15, -0.1) is 0 Å². The van der Waals surface area contributed by atoms with Gasteiger partial charge in [-0.25, -0.2) is 18.4 Å². The molecule has 1 fully saturated rings. The Morgan fingerprint density at radius 1 is 1.06 bits per heavy atom. The van der Waals surface area contributed by atoms with E-state index >= 15 is 0 Å². The van der Waals surface area contributed by atoms with E-state index < -0.39 is 29.5 Å². The summed E-state index contributed by atoms with van der Waals surface area (Å²) in [6.45, 7) is 5.23. The fourth-order valence-electron chi connectivity index (χ4n) is 4.38. The van der Waals surface area contributed by atoms with Gasteiger partial charge in [0.05, 0.1) is 29.8 Å². The third-order valence-corrected chi connectivity index (χ3v) is 6.27. The first-order chi connectivity index (χ1) is 15.7. The monoisotopic (exact) mass is 463 g/mol. The topological polar surface area (TPSA) is 73.9 Å². The first-order valence-corrected chi connectivity index (χ1v) is 11.2. The van der Waals surface area contributed by atoms with E-state index in [4.69, 9.17) is 14.2 Å². The highest BCUT2D eigenvalue weighted by molar-refractivity contribution is 5.99. The molecule has 0 saturated heterocycles. The maximum absolute atomic E-state index is 14.9. The number of halogens is 2. The van der Waals surface area contributed by atoms with Crippen LogP contribution in [0.1, 0.15) is 57.9 Å². The predicted octanol–water partition coefficient (Wildman–Crippen LogP) is 4.51. The molecule has 1 saturated carbocycles. The highest BCUT2D eigenvalue weighted by atomic mass is 19.2. The van der Waals surface area contributed by atoms with Gasteiger partial charge in [0.2, 0.25) is 0 Å². The molecule has 2 aliphatic rings. The zero-order chi connectivity index (χ0) is 24.1. The summed E-state index contributed by atoms with van der Waals surface area (Å²) in [5, 5.41) is 3.01. The molecule has 0 radical (unpaired) electrons. The number of allylic oxidation sites excluding steroid dienone is 2. The predicted molar refractivity (Wildman–Crippen MR) is 118 cm³/mol. The van der Waals surface area contributed by atoms with Crippen molar-refractivity contribution < 1.29 is 32.6 Å². The van der Waals surface area contributed by atoms with Gasteiger partial charge in [0, 0.05) is 24.1 Å². The van der Waals surface area contributed by atoms with Crippen molar-refractivity contribution in [3.8, 4) is 0 Å². The number of carbonyl (C=O) groups excluding carboxylic acids is 2. The molecule has 0 amide bonds. The lowest BCUT2D eigenvalue weighted by Gasteiger charge is -2.31. The number of carbonyl (C=O) groups is 2. The molecule has 3 rings (SSSR count). The minimum absolute atomic E-state index is 0.0289. The molecule has 33 heavy (non-hydrogen) atoms. The van der Waals surface area contributed by atoms with E-state index in [2.05, 4.69) is 5.32 Å². The number of nitrogens with one attached hydrogen (secondary N) is 1. The number of rotatable bonds is 8. The van der Waals surface area contributed by atoms with Crippen molar-refractivity contribution in [1.82, 2.24) is 5.32 Å². The van der Waals surface area contributed by atoms with Gasteiger partial charge in [0.15, 0.2) is 11.6 Å². The zero-order valence-corrected chi connectivity index (χ0v) is 19.5. The van der Waals surface area contributed by atoms with Gasteiger partial charge in [-0.3, -0.25) is 0 Å². The van der Waals surface area contributed by atoms with Gasteiger partial charge in [0.25, 0.3) is 0 Å². The van der Waals surface area contributed by atoms with E-state index in [0.717, 1.165) is 31.7 Å². The van der Waals surface area contributed by atoms with E-state index in [1.807, 2.05) is 0 Å². The first-order valence-electron chi connectivity index (χ1n) is 11.2. The van der Waals surface area contributed by atoms with E-state index in [1.54, 1.807) is 20.8 Å². The highest BCUT2D eigenvalue weighted by Crippen LogP contribution is 2.41. The van der Waals surface area contributed by atoms with Gasteiger partial charge in [-0.05, 0) is 45.6 Å². The normalized spacial score (nSPS) is 20.0. The summed E-state index contributed by atoms with van der Waals surface area (Å²) >= 11 is 0. The molecule has 2 unspecified atom stereocenters. The fraction of sp³-hybridized carbons (Fsp3) is 0.520. The smallest absolute Gasteiger partial charge is 0.336 e. The van der Waals surface area contributed by atoms with Crippen LogP contribution in [0.3, 0.4) is 0 Å². The average molecular weight is 464 g/mol. The number of methoxy groups -OCH3 is 1. The van der Waals surface area contributed by atoms with Crippen LogP contribution >= 0.6 is 0 Å². The van der Waals surface area contributed by atoms with Crippen LogP contribution in [-0.4, -0.2) is 38.4 Å². The summed E-state index contributed by atoms with van der Waals surface area (Å²) in [5.41, 5.74) is 0.772.